The van der Waals surface area contributed by atoms with E-state index in [2.05, 4.69) is 4.98 Å². The van der Waals surface area contributed by atoms with Crippen LogP contribution in [0.3, 0.4) is 0 Å². The predicted octanol–water partition coefficient (Wildman–Crippen LogP) is 4.72. The van der Waals surface area contributed by atoms with Crippen molar-refractivity contribution in [3.8, 4) is 5.75 Å². The van der Waals surface area contributed by atoms with Crippen molar-refractivity contribution in [2.24, 2.45) is 0 Å². The number of thiophene rings is 1. The number of anilines is 1. The average molecular weight is 449 g/mol. The van der Waals surface area contributed by atoms with Crippen LogP contribution in [-0.4, -0.2) is 49.1 Å². The number of rotatable bonds is 7. The monoisotopic (exact) mass is 448 g/mol. The second-order valence-corrected chi connectivity index (χ2v) is 7.56. The minimum Gasteiger partial charge on any atom is -0.494 e. The summed E-state index contributed by atoms with van der Waals surface area (Å²) in [6.45, 7) is -6.94. The Bertz CT molecular complexity index is 1920. The molecule has 1 fully saturated rings. The SMILES string of the molecule is [2H]c1cc([2H])c2sccc2c1N1CCN(C([2H])([2H])C([2H])([2H])C([2H])([2H])C([2H])([2H])Oc2c([2H])c([2H])c3c([2H])c([2H])c(=O)[nH]c3c2[2H])CC1. The number of hydrogen-bond acceptors (Lipinski definition) is 5. The Morgan fingerprint density at radius 3 is 2.87 bits per heavy atom. The van der Waals surface area contributed by atoms with E-state index in [-0.39, 0.29) is 38.3 Å². The van der Waals surface area contributed by atoms with Crippen molar-refractivity contribution >= 4 is 38.0 Å². The standard InChI is InChI=1S/C25H27N3O2S/c29-25-9-7-19-6-8-20(18-22(19)26-25)30-16-2-1-11-27-12-14-28(15-13-27)23-4-3-5-24-21(23)10-17-31-24/h3-10,17-18H,1-2,11-16H2,(H,26,29)/i1D2,2D2,4D,5D,6D,7D,8D,9D,11D2,16D2,18D. The number of fused-ring (bicyclic) bond motifs is 2. The zero-order valence-corrected chi connectivity index (χ0v) is 17.0. The molecule has 5 rings (SSSR count). The molecule has 0 unspecified atom stereocenters. The third kappa shape index (κ3) is 4.60. The lowest BCUT2D eigenvalue weighted by molar-refractivity contribution is 0.239. The van der Waals surface area contributed by atoms with Crippen LogP contribution in [0.4, 0.5) is 5.69 Å². The summed E-state index contributed by atoms with van der Waals surface area (Å²) >= 11 is 1.35. The molecule has 0 aliphatic carbocycles. The molecule has 31 heavy (non-hydrogen) atoms. The number of ether oxygens (including phenoxy) is 1. The highest BCUT2D eigenvalue weighted by atomic mass is 32.1. The van der Waals surface area contributed by atoms with Gasteiger partial charge in [-0.1, -0.05) is 6.07 Å². The number of pyridine rings is 1. The van der Waals surface area contributed by atoms with Gasteiger partial charge in [-0.3, -0.25) is 9.69 Å². The van der Waals surface area contributed by atoms with Crippen molar-refractivity contribution in [1.29, 1.82) is 0 Å². The maximum atomic E-state index is 12.1. The zero-order chi connectivity index (χ0) is 34.3. The Morgan fingerprint density at radius 2 is 1.97 bits per heavy atom. The molecule has 1 N–H and O–H groups in total. The molecule has 5 nitrogen and oxygen atoms in total. The van der Waals surface area contributed by atoms with Crippen molar-refractivity contribution in [3.63, 3.8) is 0 Å². The largest absolute Gasteiger partial charge is 0.494 e. The number of H-pyrrole nitrogens is 1. The summed E-state index contributed by atoms with van der Waals surface area (Å²) in [5.74, 6) is -1.05. The van der Waals surface area contributed by atoms with E-state index in [0.717, 1.165) is 4.90 Å². The number of hydrogen-bond donors (Lipinski definition) is 1. The first-order valence-corrected chi connectivity index (χ1v) is 10.3. The van der Waals surface area contributed by atoms with Gasteiger partial charge in [0.1, 0.15) is 5.75 Å². The van der Waals surface area contributed by atoms with E-state index in [0.29, 0.717) is 15.8 Å². The van der Waals surface area contributed by atoms with E-state index >= 15 is 0 Å². The van der Waals surface area contributed by atoms with Crippen LogP contribution in [-0.2, 0) is 0 Å². The van der Waals surface area contributed by atoms with E-state index in [1.54, 1.807) is 16.3 Å². The Labute approximate surface area is 206 Å². The Morgan fingerprint density at radius 1 is 1.10 bits per heavy atom. The smallest absolute Gasteiger partial charge is 0.248 e. The first kappa shape index (κ1) is 9.35. The third-order valence-electron chi connectivity index (χ3n) is 4.74. The fraction of sp³-hybridized carbons (Fsp3) is 0.320. The fourth-order valence-corrected chi connectivity index (χ4v) is 4.02. The lowest BCUT2D eigenvalue weighted by Gasteiger charge is -2.36. The molecule has 4 aromatic rings. The van der Waals surface area contributed by atoms with Crippen LogP contribution >= 0.6 is 11.3 Å². The molecule has 1 aliphatic rings. The molecule has 0 bridgehead atoms. The summed E-state index contributed by atoms with van der Waals surface area (Å²) < 4.78 is 131. The molecule has 3 heterocycles. The van der Waals surface area contributed by atoms with E-state index < -0.39 is 78.2 Å². The first-order chi connectivity index (χ1) is 21.2. The molecule has 0 atom stereocenters. The second kappa shape index (κ2) is 9.12. The summed E-state index contributed by atoms with van der Waals surface area (Å²) in [4.78, 5) is 17.0. The van der Waals surface area contributed by atoms with Crippen LogP contribution in [0.2, 0.25) is 0 Å². The minimum absolute atomic E-state index is 0.0968. The lowest BCUT2D eigenvalue weighted by atomic mass is 10.2. The summed E-state index contributed by atoms with van der Waals surface area (Å²) in [7, 11) is 0. The average Bonchev–Trinajstić information content (AvgIpc) is 3.47. The van der Waals surface area contributed by atoms with Gasteiger partial charge >= 0.3 is 0 Å². The van der Waals surface area contributed by atoms with Gasteiger partial charge in [0.05, 0.1) is 24.4 Å². The molecule has 0 radical (unpaired) electrons. The molecule has 6 heteroatoms. The Balaban J connectivity index is 1.43. The van der Waals surface area contributed by atoms with Crippen LogP contribution < -0.4 is 15.2 Å². The van der Waals surface area contributed by atoms with Crippen molar-refractivity contribution in [2.45, 2.75) is 12.7 Å². The minimum atomic E-state index is -3.79. The molecule has 1 aliphatic heterocycles. The number of benzene rings is 2. The molecule has 160 valence electrons. The van der Waals surface area contributed by atoms with E-state index in [9.17, 15) is 4.79 Å². The molecule has 2 aromatic heterocycles. The van der Waals surface area contributed by atoms with Gasteiger partial charge in [0.15, 0.2) is 0 Å². The topological polar surface area (TPSA) is 48.6 Å². The lowest BCUT2D eigenvalue weighted by Crippen LogP contribution is -2.46. The zero-order valence-electron chi connectivity index (χ0n) is 31.2. The number of nitrogens with zero attached hydrogens (tertiary/aromatic N) is 2. The van der Waals surface area contributed by atoms with Gasteiger partial charge in [-0.25, -0.2) is 0 Å². The van der Waals surface area contributed by atoms with Crippen molar-refractivity contribution in [3.05, 3.63) is 70.2 Å². The van der Waals surface area contributed by atoms with Crippen LogP contribution in [0, 0.1) is 0 Å². The maximum absolute atomic E-state index is 12.1. The maximum Gasteiger partial charge on any atom is 0.248 e. The summed E-state index contributed by atoms with van der Waals surface area (Å²) in [6, 6.07) is -0.807. The number of aromatic amines is 1. The number of aromatic nitrogens is 1. The number of piperazine rings is 1. The molecule has 1 saturated heterocycles. The highest BCUT2D eigenvalue weighted by Gasteiger charge is 2.18. The summed E-state index contributed by atoms with van der Waals surface area (Å²) in [6.07, 6.45) is -7.43. The highest BCUT2D eigenvalue weighted by molar-refractivity contribution is 7.17. The normalized spacial score (nSPS) is 23.9. The summed E-state index contributed by atoms with van der Waals surface area (Å²) in [5.41, 5.74) is -1.11. The molecule has 2 aromatic carbocycles. The number of nitrogens with one attached hydrogen (secondary N) is 1. The van der Waals surface area contributed by atoms with E-state index in [1.807, 2.05) is 0 Å². The van der Waals surface area contributed by atoms with Gasteiger partial charge < -0.3 is 14.6 Å². The predicted molar refractivity (Wildman–Crippen MR) is 130 cm³/mol. The van der Waals surface area contributed by atoms with Crippen molar-refractivity contribution < 1.29 is 25.3 Å². The van der Waals surface area contributed by atoms with Crippen LogP contribution in [0.15, 0.2) is 64.6 Å². The van der Waals surface area contributed by atoms with Crippen LogP contribution in [0.5, 0.6) is 5.75 Å². The van der Waals surface area contributed by atoms with Crippen LogP contribution in [0.1, 0.15) is 33.3 Å². The van der Waals surface area contributed by atoms with Gasteiger partial charge in [-0.05, 0) is 66.3 Å². The quantitative estimate of drug-likeness (QED) is 0.444. The van der Waals surface area contributed by atoms with Crippen molar-refractivity contribution in [1.82, 2.24) is 9.88 Å². The third-order valence-corrected chi connectivity index (χ3v) is 5.58. The second-order valence-electron chi connectivity index (χ2n) is 6.64. The molecular weight excluding hydrogens is 406 g/mol. The Kier molecular flexibility index (Phi) is 2.75. The Hall–Kier alpha value is -2.83. The van der Waals surface area contributed by atoms with Crippen molar-refractivity contribution in [2.75, 3.05) is 44.1 Å². The van der Waals surface area contributed by atoms with E-state index in [1.165, 1.54) is 17.4 Å². The van der Waals surface area contributed by atoms with Gasteiger partial charge in [0.25, 0.3) is 0 Å². The molecule has 0 saturated carbocycles. The first-order valence-electron chi connectivity index (χ1n) is 17.0. The van der Waals surface area contributed by atoms with E-state index in [4.69, 9.17) is 25.3 Å². The van der Waals surface area contributed by atoms with Gasteiger partial charge in [0.2, 0.25) is 5.56 Å². The molecule has 0 spiro atoms. The molecule has 0 amide bonds. The molecular formula is C25H27N3O2S. The van der Waals surface area contributed by atoms with Crippen LogP contribution in [0.25, 0.3) is 21.0 Å². The highest BCUT2D eigenvalue weighted by Crippen LogP contribution is 2.31. The van der Waals surface area contributed by atoms with Gasteiger partial charge in [0, 0.05) is 62.3 Å². The van der Waals surface area contributed by atoms with Gasteiger partial charge in [-0.15, -0.1) is 11.3 Å². The fourth-order valence-electron chi connectivity index (χ4n) is 3.26. The summed E-state index contributed by atoms with van der Waals surface area (Å²) in [5, 5.41) is 2.02. The van der Waals surface area contributed by atoms with Gasteiger partial charge in [-0.2, -0.15) is 0 Å².